The molecule has 4 heteroatoms. The summed E-state index contributed by atoms with van der Waals surface area (Å²) in [6.45, 7) is 5.87. The van der Waals surface area contributed by atoms with Crippen LogP contribution >= 0.6 is 0 Å². The summed E-state index contributed by atoms with van der Waals surface area (Å²) in [6, 6.07) is 50.9. The van der Waals surface area contributed by atoms with E-state index in [2.05, 4.69) is 79.5 Å². The topological polar surface area (TPSA) is 38.9 Å². The van der Waals surface area contributed by atoms with Gasteiger partial charge in [-0.1, -0.05) is 155 Å². The van der Waals surface area contributed by atoms with Crippen molar-refractivity contribution >= 4 is 21.9 Å². The fourth-order valence-corrected chi connectivity index (χ4v) is 8.10. The van der Waals surface area contributed by atoms with Gasteiger partial charge in [0.15, 0.2) is 0 Å². The second-order valence-corrected chi connectivity index (χ2v) is 16.6. The Morgan fingerprint density at radius 1 is 0.683 bits per heavy atom. The third-order valence-corrected chi connectivity index (χ3v) is 11.0. The molecule has 3 heterocycles. The molecule has 0 unspecified atom stereocenters. The van der Waals surface area contributed by atoms with Crippen LogP contribution in [0.3, 0.4) is 0 Å². The number of nitrogens with zero attached hydrogens (tertiary/aromatic N) is 2. The number of aryl methyl sites for hydroxylation is 2. The van der Waals surface area contributed by atoms with E-state index in [1.807, 2.05) is 93.7 Å². The fraction of sp³-hybridized carbons (Fsp3) is 0.179. The van der Waals surface area contributed by atoms with Crippen LogP contribution < -0.4 is 0 Å². The van der Waals surface area contributed by atoms with E-state index < -0.39 is 25.5 Å². The molecule has 0 aliphatic heterocycles. The molecule has 9 aromatic rings. The molecule has 1 aliphatic rings. The molecule has 0 N–H and O–H groups in total. The van der Waals surface area contributed by atoms with Crippen molar-refractivity contribution in [1.29, 1.82) is 0 Å². The average Bonchev–Trinajstić information content (AvgIpc) is 3.78. The van der Waals surface area contributed by atoms with Crippen molar-refractivity contribution in [2.24, 2.45) is 5.41 Å². The van der Waals surface area contributed by atoms with Crippen LogP contribution in [0.2, 0.25) is 0 Å². The molecule has 0 fully saturated rings. The van der Waals surface area contributed by atoms with E-state index in [1.54, 1.807) is 12.1 Å². The Morgan fingerprint density at radius 2 is 1.48 bits per heavy atom. The Bertz CT molecular complexity index is 3300. The molecule has 3 nitrogen and oxygen atoms in total. The van der Waals surface area contributed by atoms with E-state index in [1.165, 1.54) is 40.6 Å². The molecular formula is C56H48IrN2O-2. The zero-order valence-corrected chi connectivity index (χ0v) is 36.5. The van der Waals surface area contributed by atoms with Gasteiger partial charge < -0.3 is 14.4 Å². The van der Waals surface area contributed by atoms with Crippen molar-refractivity contribution in [3.8, 4) is 55.9 Å². The van der Waals surface area contributed by atoms with Gasteiger partial charge in [-0.3, -0.25) is 0 Å². The van der Waals surface area contributed by atoms with Gasteiger partial charge in [0, 0.05) is 54.3 Å². The van der Waals surface area contributed by atoms with E-state index in [9.17, 15) is 0 Å². The summed E-state index contributed by atoms with van der Waals surface area (Å²) in [5.41, 5.74) is 13.5. The third-order valence-electron chi connectivity index (χ3n) is 11.0. The smallest absolute Gasteiger partial charge is 0.121 e. The number of hydrogen-bond acceptors (Lipinski definition) is 3. The number of fused-ring (bicyclic) bond motifs is 6. The van der Waals surface area contributed by atoms with Gasteiger partial charge in [-0.2, -0.15) is 0 Å². The summed E-state index contributed by atoms with van der Waals surface area (Å²) in [4.78, 5) is 8.92. The monoisotopic (exact) mass is 965 g/mol. The molecule has 0 bridgehead atoms. The minimum Gasteiger partial charge on any atom is -0.501 e. The Morgan fingerprint density at radius 3 is 2.23 bits per heavy atom. The molecule has 1 radical (unpaired) electrons. The Kier molecular flexibility index (Phi) is 8.65. The van der Waals surface area contributed by atoms with Crippen molar-refractivity contribution < 1.29 is 35.5 Å². The Labute approximate surface area is 379 Å². The first-order valence-electron chi connectivity index (χ1n) is 23.8. The SMILES string of the molecule is [2H]C([2H])([2H])c1ccc(-c2[c-]cc(C([2H])([2H])[2H])c(-c3ccccc3)c2)nc1.[2H]C([2H])(c1ccc(-c2ccnc(-c3[c-]ccc4c3oc3cc5c(cc34)-c3ccccc3C5(C)C)c2)cc1)C(C)(C)C.[Ir]. The number of hydrogen-bond donors (Lipinski definition) is 0. The molecule has 0 atom stereocenters. The fourth-order valence-electron chi connectivity index (χ4n) is 8.10. The maximum absolute atomic E-state index is 8.61. The number of aromatic nitrogens is 2. The molecular weight excluding hydrogens is 909 g/mol. The van der Waals surface area contributed by atoms with E-state index in [0.717, 1.165) is 49.9 Å². The second-order valence-electron chi connectivity index (χ2n) is 16.6. The molecule has 0 spiro atoms. The maximum atomic E-state index is 8.61. The Hall–Kier alpha value is -5.93. The van der Waals surface area contributed by atoms with E-state index >= 15 is 0 Å². The maximum Gasteiger partial charge on any atom is 0.121 e. The third kappa shape index (κ3) is 7.90. The van der Waals surface area contributed by atoms with Gasteiger partial charge in [0.1, 0.15) is 5.58 Å². The molecule has 0 amide bonds. The molecule has 6 aromatic carbocycles. The molecule has 0 saturated heterocycles. The predicted molar refractivity (Wildman–Crippen MR) is 245 cm³/mol. The summed E-state index contributed by atoms with van der Waals surface area (Å²) in [5, 5.41) is 2.15. The number of benzene rings is 6. The zero-order valence-electron chi connectivity index (χ0n) is 42.1. The van der Waals surface area contributed by atoms with Crippen molar-refractivity contribution in [3.05, 3.63) is 192 Å². The largest absolute Gasteiger partial charge is 0.501 e. The van der Waals surface area contributed by atoms with Crippen LogP contribution in [0.5, 0.6) is 0 Å². The van der Waals surface area contributed by atoms with Gasteiger partial charge in [-0.25, -0.2) is 0 Å². The first-order chi connectivity index (χ1) is 31.6. The summed E-state index contributed by atoms with van der Waals surface area (Å²) < 4.78 is 69.3. The van der Waals surface area contributed by atoms with Gasteiger partial charge in [-0.05, 0) is 98.3 Å². The van der Waals surface area contributed by atoms with Crippen molar-refractivity contribution in [3.63, 3.8) is 0 Å². The van der Waals surface area contributed by atoms with Gasteiger partial charge in [-0.15, -0.1) is 47.5 Å². The van der Waals surface area contributed by atoms with Gasteiger partial charge >= 0.3 is 0 Å². The van der Waals surface area contributed by atoms with E-state index in [4.69, 9.17) is 20.4 Å². The standard InChI is InChI=1S/C37H32NO.C19H16N.Ir/c1-36(2,3)22-23-13-15-24(16-14-23)25-17-18-38-33(19-25)28-11-8-10-27-30-20-29-26-9-6-7-12-31(26)37(4,5)32(29)21-34(30)39-35(27)28;1-14-8-11-19(20-13-14)17-10-9-15(2)18(12-17)16-6-4-3-5-7-16;/h6-10,12-21H,22H2,1-5H3;3-9,11-13H,1-2H3;/q2*-1;/i22D2;1D3,2D3;. The number of furan rings is 1. The van der Waals surface area contributed by atoms with Crippen LogP contribution in [0.4, 0.5) is 0 Å². The summed E-state index contributed by atoms with van der Waals surface area (Å²) >= 11 is 0. The van der Waals surface area contributed by atoms with Crippen molar-refractivity contribution in [1.82, 2.24) is 9.97 Å². The van der Waals surface area contributed by atoms with E-state index in [-0.39, 0.29) is 36.6 Å². The predicted octanol–water partition coefficient (Wildman–Crippen LogP) is 14.8. The molecule has 10 rings (SSSR count). The van der Waals surface area contributed by atoms with Crippen LogP contribution in [0.25, 0.3) is 77.8 Å². The number of pyridine rings is 2. The van der Waals surface area contributed by atoms with Gasteiger partial charge in [0.2, 0.25) is 0 Å². The van der Waals surface area contributed by atoms with Crippen molar-refractivity contribution in [2.75, 3.05) is 0 Å². The normalized spacial score (nSPS) is 15.3. The van der Waals surface area contributed by atoms with Gasteiger partial charge in [0.25, 0.3) is 0 Å². The molecule has 1 aliphatic carbocycles. The van der Waals surface area contributed by atoms with E-state index in [0.29, 0.717) is 22.4 Å². The van der Waals surface area contributed by atoms with Crippen LogP contribution in [-0.2, 0) is 31.9 Å². The molecule has 0 saturated carbocycles. The van der Waals surface area contributed by atoms with Crippen LogP contribution in [0.15, 0.2) is 156 Å². The zero-order chi connectivity index (χ0) is 47.7. The van der Waals surface area contributed by atoms with Crippen LogP contribution in [0.1, 0.15) is 73.4 Å². The summed E-state index contributed by atoms with van der Waals surface area (Å²) in [6.07, 6.45) is 1.70. The number of rotatable bonds is 5. The van der Waals surface area contributed by atoms with Crippen LogP contribution in [0, 0.1) is 31.3 Å². The van der Waals surface area contributed by atoms with Gasteiger partial charge in [0.05, 0.1) is 5.58 Å². The second kappa shape index (κ2) is 16.3. The first-order valence-corrected chi connectivity index (χ1v) is 19.8. The molecule has 299 valence electrons. The molecule has 3 aromatic heterocycles. The van der Waals surface area contributed by atoms with Crippen LogP contribution in [-0.4, -0.2) is 9.97 Å². The summed E-state index contributed by atoms with van der Waals surface area (Å²) in [7, 11) is 0. The minimum absolute atomic E-state index is 0. The quantitative estimate of drug-likeness (QED) is 0.161. The first kappa shape index (κ1) is 31.9. The average molecular weight is 965 g/mol. The minimum atomic E-state index is -2.27. The Balaban J connectivity index is 0.000000201. The van der Waals surface area contributed by atoms with Crippen molar-refractivity contribution in [2.45, 2.75) is 60.1 Å². The molecule has 60 heavy (non-hydrogen) atoms. The summed E-state index contributed by atoms with van der Waals surface area (Å²) in [5.74, 6) is 0.